The fraction of sp³-hybridized carbons (Fsp3) is 0.638. The Morgan fingerprint density at radius 1 is 0.920 bits per heavy atom. The number of oxime groups is 1. The molecule has 7 atom stereocenters. The summed E-state index contributed by atoms with van der Waals surface area (Å²) in [5.41, 5.74) is 2.70. The minimum absolute atomic E-state index is 0.0255. The molecule has 4 aliphatic rings. The number of hydrogen-bond donors (Lipinski definition) is 4. The molecule has 2 heterocycles. The van der Waals surface area contributed by atoms with E-state index in [-0.39, 0.29) is 76.0 Å². The number of nitro groups is 1. The summed E-state index contributed by atoms with van der Waals surface area (Å²) in [6.07, 6.45) is 24.4. The van der Waals surface area contributed by atoms with Crippen LogP contribution < -0.4 is 14.8 Å². The van der Waals surface area contributed by atoms with E-state index in [0.29, 0.717) is 68.0 Å². The summed E-state index contributed by atoms with van der Waals surface area (Å²) in [5, 5.41) is 49.1. The summed E-state index contributed by atoms with van der Waals surface area (Å²) in [6, 6.07) is 10.4. The first-order chi connectivity index (χ1) is 36.7. The van der Waals surface area contributed by atoms with E-state index in [1.165, 1.54) is 63.2 Å². The summed E-state index contributed by atoms with van der Waals surface area (Å²) >= 11 is 0. The van der Waals surface area contributed by atoms with Gasteiger partial charge in [-0.2, -0.15) is 0 Å². The van der Waals surface area contributed by atoms with Gasteiger partial charge in [0.05, 0.1) is 49.6 Å². The molecule has 0 spiro atoms. The molecule has 2 aromatic rings. The summed E-state index contributed by atoms with van der Waals surface area (Å²) in [5.74, 6) is -2.33. The van der Waals surface area contributed by atoms with Gasteiger partial charge in [0.25, 0.3) is 5.69 Å². The van der Waals surface area contributed by atoms with Crippen LogP contribution >= 0.6 is 0 Å². The Kier molecular flexibility index (Phi) is 25.0. The number of nitro benzene ring substituents is 1. The van der Waals surface area contributed by atoms with Crippen molar-refractivity contribution >= 4 is 29.5 Å². The Morgan fingerprint density at radius 3 is 2.33 bits per heavy atom. The molecular weight excluding hydrogens is 961 g/mol. The highest BCUT2D eigenvalue weighted by Crippen LogP contribution is 2.62. The number of benzene rings is 2. The lowest BCUT2D eigenvalue weighted by Gasteiger charge is -2.60. The van der Waals surface area contributed by atoms with Gasteiger partial charge in [-0.25, -0.2) is 4.79 Å². The van der Waals surface area contributed by atoms with Gasteiger partial charge in [0.1, 0.15) is 17.5 Å². The Labute approximate surface area is 443 Å². The second-order valence-corrected chi connectivity index (χ2v) is 20.2. The van der Waals surface area contributed by atoms with Crippen molar-refractivity contribution in [3.63, 3.8) is 0 Å². The molecule has 2 aliphatic heterocycles. The van der Waals surface area contributed by atoms with Crippen LogP contribution in [0.2, 0.25) is 0 Å². The predicted octanol–water partition coefficient (Wildman–Crippen LogP) is 10.3. The fourth-order valence-corrected chi connectivity index (χ4v) is 11.3. The number of allylic oxidation sites excluding steroid dienone is 1. The number of non-ortho nitro benzene ring substituents is 1. The maximum absolute atomic E-state index is 15.0. The van der Waals surface area contributed by atoms with E-state index in [4.69, 9.17) is 33.7 Å². The van der Waals surface area contributed by atoms with E-state index < -0.39 is 41.0 Å². The normalized spacial score (nSPS) is 23.4. The average Bonchev–Trinajstić information content (AvgIpc) is 3.43. The zero-order valence-electron chi connectivity index (χ0n) is 44.3. The van der Waals surface area contributed by atoms with Gasteiger partial charge in [0.15, 0.2) is 0 Å². The average molecular weight is 1050 g/mol. The van der Waals surface area contributed by atoms with Crippen LogP contribution in [0.3, 0.4) is 0 Å². The lowest BCUT2D eigenvalue weighted by atomic mass is 9.55. The number of ether oxygens (including phenoxy) is 5. The lowest BCUT2D eigenvalue weighted by Crippen LogP contribution is -2.70. The van der Waals surface area contributed by atoms with Gasteiger partial charge in [0.2, 0.25) is 18.0 Å². The molecule has 1 saturated carbocycles. The molecule has 4 N–H and O–H groups in total. The molecule has 0 radical (unpaired) electrons. The van der Waals surface area contributed by atoms with E-state index in [1.807, 2.05) is 6.07 Å². The molecule has 17 nitrogen and oxygen atoms in total. The number of aliphatic hydroxyl groups excluding tert-OH is 3. The van der Waals surface area contributed by atoms with Crippen molar-refractivity contribution in [1.29, 1.82) is 0 Å². The van der Waals surface area contributed by atoms with Gasteiger partial charge in [-0.15, -0.1) is 6.58 Å². The van der Waals surface area contributed by atoms with Crippen molar-refractivity contribution in [2.24, 2.45) is 22.9 Å². The zero-order chi connectivity index (χ0) is 53.3. The van der Waals surface area contributed by atoms with Crippen molar-refractivity contribution in [3.05, 3.63) is 94.1 Å². The van der Waals surface area contributed by atoms with E-state index in [1.54, 1.807) is 41.3 Å². The Balaban J connectivity index is 1.42. The Bertz CT molecular complexity index is 2180. The summed E-state index contributed by atoms with van der Waals surface area (Å²) in [7, 11) is 0. The molecule has 2 aliphatic carbocycles. The number of nitrogens with one attached hydrogen (secondary N) is 1. The van der Waals surface area contributed by atoms with Gasteiger partial charge in [0, 0.05) is 68.8 Å². The number of rotatable bonds is 34. The van der Waals surface area contributed by atoms with Crippen molar-refractivity contribution in [1.82, 2.24) is 10.2 Å². The number of hydrogen-bond acceptors (Lipinski definition) is 14. The second kappa shape index (κ2) is 31.8. The molecule has 0 bridgehead atoms. The van der Waals surface area contributed by atoms with Crippen molar-refractivity contribution in [3.8, 4) is 11.5 Å². The molecule has 17 heteroatoms. The predicted molar refractivity (Wildman–Crippen MR) is 287 cm³/mol. The van der Waals surface area contributed by atoms with Crippen LogP contribution in [0, 0.1) is 27.9 Å². The molecule has 414 valence electrons. The third-order valence-corrected chi connectivity index (χ3v) is 15.0. The van der Waals surface area contributed by atoms with Gasteiger partial charge >= 0.3 is 6.09 Å². The van der Waals surface area contributed by atoms with Crippen molar-refractivity contribution in [2.75, 3.05) is 59.3 Å². The molecule has 7 unspecified atom stereocenters. The number of nitrogens with zero attached hydrogens (tertiary/aromatic N) is 3. The largest absolute Gasteiger partial charge is 0.459 e. The first-order valence-electron chi connectivity index (χ1n) is 27.9. The summed E-state index contributed by atoms with van der Waals surface area (Å²) in [4.78, 5) is 47.4. The summed E-state index contributed by atoms with van der Waals surface area (Å²) < 4.78 is 32.3. The highest BCUT2D eigenvalue weighted by atomic mass is 16.8. The Hall–Kier alpha value is -5.17. The van der Waals surface area contributed by atoms with Crippen LogP contribution in [0.5, 0.6) is 11.5 Å². The van der Waals surface area contributed by atoms with Crippen LogP contribution in [0.4, 0.5) is 10.5 Å². The standard InChI is InChI=1S/C58H84N4O13/c1-3-5-6-7-8-9-10-11-12-16-31-59-57(67)73-46-28-29-51-49(41-46)55-47(21-14-18-34-64)44(20-13-17-33-63)40-48-50(60-75-54-22-15-19-37-71-54)42-52(58(74-51,56(48)55)72-36-4-2)61(32-38-70-39-35-65)53(66)30-25-43-23-26-45(27-24-43)62(68)69/h4,23-30,40-41,44,47,52,54-56,63-65H,2-3,5-22,31-39,42H2,1H3,(H,59,67). The number of unbranched alkanes of at least 4 members (excludes halogenated alkanes) is 11. The molecule has 6 rings (SSSR count). The van der Waals surface area contributed by atoms with Crippen LogP contribution in [0.1, 0.15) is 152 Å². The van der Waals surface area contributed by atoms with E-state index >= 15 is 4.79 Å². The second-order valence-electron chi connectivity index (χ2n) is 20.2. The first kappa shape index (κ1) is 59.1. The zero-order valence-corrected chi connectivity index (χ0v) is 44.3. The van der Waals surface area contributed by atoms with Crippen LogP contribution in [-0.2, 0) is 23.8 Å². The smallest absolute Gasteiger partial charge is 0.412 e. The highest BCUT2D eigenvalue weighted by Gasteiger charge is 2.65. The van der Waals surface area contributed by atoms with E-state index in [2.05, 4.69) is 24.9 Å². The number of aliphatic hydroxyl groups is 3. The molecule has 1 saturated heterocycles. The third kappa shape index (κ3) is 16.9. The molecule has 2 amide bonds. The number of fused-ring (bicyclic) bond motifs is 2. The van der Waals surface area contributed by atoms with Crippen molar-refractivity contribution < 1.29 is 58.4 Å². The van der Waals surface area contributed by atoms with Crippen molar-refractivity contribution in [2.45, 2.75) is 159 Å². The minimum Gasteiger partial charge on any atom is -0.459 e. The summed E-state index contributed by atoms with van der Waals surface area (Å²) in [6.45, 7) is 7.33. The quantitative estimate of drug-likeness (QED) is 0.0169. The van der Waals surface area contributed by atoms with Crippen LogP contribution in [0.25, 0.3) is 6.08 Å². The maximum Gasteiger partial charge on any atom is 0.412 e. The Morgan fingerprint density at radius 2 is 1.65 bits per heavy atom. The molecule has 0 aromatic heterocycles. The maximum atomic E-state index is 15.0. The van der Waals surface area contributed by atoms with Gasteiger partial charge in [-0.05, 0) is 104 Å². The number of carbonyl (C=O) groups is 2. The minimum atomic E-state index is -1.59. The van der Waals surface area contributed by atoms with Gasteiger partial charge in [-0.3, -0.25) is 14.9 Å². The van der Waals surface area contributed by atoms with E-state index in [9.17, 15) is 30.2 Å². The highest BCUT2D eigenvalue weighted by molar-refractivity contribution is 6.03. The first-order valence-corrected chi connectivity index (χ1v) is 27.9. The third-order valence-electron chi connectivity index (χ3n) is 15.0. The van der Waals surface area contributed by atoms with Gasteiger partial charge < -0.3 is 54.1 Å². The number of carbonyl (C=O) groups excluding carboxylic acids is 2. The molecular formula is C58H84N4O13. The number of amides is 2. The van der Waals surface area contributed by atoms with Crippen LogP contribution in [0.15, 0.2) is 78.0 Å². The van der Waals surface area contributed by atoms with Crippen LogP contribution in [-0.4, -0.2) is 120 Å². The topological polar surface area (TPSA) is 221 Å². The van der Waals surface area contributed by atoms with Gasteiger partial charge in [-0.1, -0.05) is 94.9 Å². The lowest BCUT2D eigenvalue weighted by molar-refractivity contribution is -0.384. The van der Waals surface area contributed by atoms with E-state index in [0.717, 1.165) is 56.1 Å². The monoisotopic (exact) mass is 1040 g/mol. The molecule has 2 fully saturated rings. The molecule has 2 aromatic carbocycles. The fourth-order valence-electron chi connectivity index (χ4n) is 11.3. The molecule has 75 heavy (non-hydrogen) atoms. The SMILES string of the molecule is C=CCOC12Oc3ccc(OC(=O)NCCCCCCCCCCCC)cc3C3C(CCCCO)C(CCCCO)C=C(C(=NOC4CCCCO4)CC1N(CCOCCO)C(=O)C=Cc1ccc([N+](=O)[O-])cc1)C32.